The maximum Gasteiger partial charge on any atom is 0.346 e. The molecule has 0 amide bonds. The Morgan fingerprint density at radius 2 is 1.81 bits per heavy atom. The van der Waals surface area contributed by atoms with Crippen molar-refractivity contribution in [1.29, 1.82) is 0 Å². The topological polar surface area (TPSA) is 43.4 Å². The van der Waals surface area contributed by atoms with Crippen molar-refractivity contribution in [1.82, 2.24) is 0 Å². The maximum atomic E-state index is 12.6. The van der Waals surface area contributed by atoms with Crippen LogP contribution in [-0.4, -0.2) is 11.9 Å². The number of hydrogen-bond acceptors (Lipinski definition) is 3. The second-order valence-electron chi connectivity index (χ2n) is 2.90. The van der Waals surface area contributed by atoms with E-state index in [0.29, 0.717) is 5.56 Å². The molecule has 0 aliphatic rings. The average Bonchev–Trinajstić information content (AvgIpc) is 2.28. The lowest BCUT2D eigenvalue weighted by atomic mass is 10.1. The first-order chi connectivity index (χ1) is 7.54. The lowest BCUT2D eigenvalue weighted by Gasteiger charge is -2.03. The predicted molar refractivity (Wildman–Crippen MR) is 56.7 cm³/mol. The molecule has 0 fully saturated rings. The van der Waals surface area contributed by atoms with Gasteiger partial charge < -0.3 is 4.74 Å². The molecule has 0 radical (unpaired) electrons. The third-order valence-electron chi connectivity index (χ3n) is 1.80. The number of hydrogen-bond donors (Lipinski definition) is 0. The van der Waals surface area contributed by atoms with E-state index in [1.807, 2.05) is 0 Å². The molecule has 0 saturated heterocycles. The van der Waals surface area contributed by atoms with Crippen LogP contribution in [0.15, 0.2) is 43.5 Å². The van der Waals surface area contributed by atoms with Crippen LogP contribution >= 0.6 is 0 Å². The van der Waals surface area contributed by atoms with E-state index in [1.54, 1.807) is 0 Å². The van der Waals surface area contributed by atoms with E-state index in [2.05, 4.69) is 17.9 Å². The summed E-state index contributed by atoms with van der Waals surface area (Å²) in [5.41, 5.74) is 0.374. The molecule has 3 nitrogen and oxygen atoms in total. The lowest BCUT2D eigenvalue weighted by molar-refractivity contribution is -0.151. The van der Waals surface area contributed by atoms with Gasteiger partial charge in [0.15, 0.2) is 0 Å². The second-order valence-corrected chi connectivity index (χ2v) is 2.90. The van der Waals surface area contributed by atoms with Gasteiger partial charge in [-0.15, -0.1) is 0 Å². The molecule has 0 aromatic heterocycles. The number of rotatable bonds is 3. The highest BCUT2D eigenvalue weighted by Crippen LogP contribution is 2.14. The van der Waals surface area contributed by atoms with Gasteiger partial charge in [-0.05, 0) is 17.7 Å². The highest BCUT2D eigenvalue weighted by atomic mass is 19.1. The molecule has 1 rings (SSSR count). The van der Waals surface area contributed by atoms with Crippen molar-refractivity contribution in [2.75, 3.05) is 0 Å². The molecule has 0 aliphatic carbocycles. The fourth-order valence-electron chi connectivity index (χ4n) is 0.964. The number of esters is 2. The molecule has 1 aromatic carbocycles. The van der Waals surface area contributed by atoms with E-state index in [4.69, 9.17) is 0 Å². The predicted octanol–water partition coefficient (Wildman–Crippen LogP) is 2.09. The van der Waals surface area contributed by atoms with Crippen LogP contribution in [0.25, 0.3) is 5.57 Å². The van der Waals surface area contributed by atoms with Crippen molar-refractivity contribution in [3.05, 3.63) is 54.9 Å². The van der Waals surface area contributed by atoms with E-state index in [0.717, 1.165) is 6.08 Å². The van der Waals surface area contributed by atoms with Gasteiger partial charge in [0.05, 0.1) is 5.57 Å². The van der Waals surface area contributed by atoms with Gasteiger partial charge in [0.1, 0.15) is 5.82 Å². The molecule has 0 saturated carbocycles. The van der Waals surface area contributed by atoms with E-state index < -0.39 is 17.8 Å². The Kier molecular flexibility index (Phi) is 3.72. The number of carbonyl (C=O) groups excluding carboxylic acids is 2. The lowest BCUT2D eigenvalue weighted by Crippen LogP contribution is -2.10. The van der Waals surface area contributed by atoms with Gasteiger partial charge in [-0.3, -0.25) is 0 Å². The number of ether oxygens (including phenoxy) is 1. The zero-order valence-electron chi connectivity index (χ0n) is 8.40. The highest BCUT2D eigenvalue weighted by molar-refractivity contribution is 6.18. The molecule has 1 aromatic rings. The maximum absolute atomic E-state index is 12.6. The monoisotopic (exact) mass is 220 g/mol. The van der Waals surface area contributed by atoms with Crippen LogP contribution in [-0.2, 0) is 14.3 Å². The van der Waals surface area contributed by atoms with Gasteiger partial charge in [0, 0.05) is 6.08 Å². The summed E-state index contributed by atoms with van der Waals surface area (Å²) in [6.45, 7) is 6.61. The van der Waals surface area contributed by atoms with Crippen molar-refractivity contribution in [3.63, 3.8) is 0 Å². The molecular weight excluding hydrogens is 211 g/mol. The summed E-state index contributed by atoms with van der Waals surface area (Å²) in [6, 6.07) is 5.11. The van der Waals surface area contributed by atoms with Crippen molar-refractivity contribution >= 4 is 17.5 Å². The van der Waals surface area contributed by atoms with Crippen LogP contribution in [0.3, 0.4) is 0 Å². The second kappa shape index (κ2) is 5.02. The smallest absolute Gasteiger partial charge is 0.346 e. The van der Waals surface area contributed by atoms with Crippen LogP contribution in [0.1, 0.15) is 5.56 Å². The molecule has 16 heavy (non-hydrogen) atoms. The fraction of sp³-hybridized carbons (Fsp3) is 0. The van der Waals surface area contributed by atoms with Gasteiger partial charge >= 0.3 is 11.9 Å². The molecule has 0 aliphatic heterocycles. The van der Waals surface area contributed by atoms with Gasteiger partial charge in [-0.25, -0.2) is 14.0 Å². The molecular formula is C12H9FO3. The molecule has 0 unspecified atom stereocenters. The van der Waals surface area contributed by atoms with Crippen molar-refractivity contribution in [2.24, 2.45) is 0 Å². The van der Waals surface area contributed by atoms with Gasteiger partial charge in [-0.1, -0.05) is 25.3 Å². The Balaban J connectivity index is 2.78. The Labute approximate surface area is 91.8 Å². The van der Waals surface area contributed by atoms with Crippen LogP contribution in [0, 0.1) is 5.82 Å². The van der Waals surface area contributed by atoms with E-state index in [1.165, 1.54) is 24.3 Å². The molecule has 4 heteroatoms. The first-order valence-corrected chi connectivity index (χ1v) is 4.38. The first kappa shape index (κ1) is 11.8. The van der Waals surface area contributed by atoms with E-state index in [-0.39, 0.29) is 5.57 Å². The molecule has 0 atom stereocenters. The minimum atomic E-state index is -0.878. The Hall–Kier alpha value is -2.23. The molecule has 0 bridgehead atoms. The average molecular weight is 220 g/mol. The quantitative estimate of drug-likeness (QED) is 0.445. The molecule has 0 spiro atoms. The zero-order valence-corrected chi connectivity index (χ0v) is 8.40. The van der Waals surface area contributed by atoms with Crippen LogP contribution < -0.4 is 0 Å². The summed E-state index contributed by atoms with van der Waals surface area (Å²) in [5.74, 6) is -2.16. The minimum absolute atomic E-state index is 0.0183. The molecule has 82 valence electrons. The van der Waals surface area contributed by atoms with Crippen LogP contribution in [0.2, 0.25) is 0 Å². The fourth-order valence-corrected chi connectivity index (χ4v) is 0.964. The van der Waals surface area contributed by atoms with E-state index >= 15 is 0 Å². The van der Waals surface area contributed by atoms with Crippen molar-refractivity contribution in [3.8, 4) is 0 Å². The SMILES string of the molecule is C=CC(=O)OC(=O)C(=C)c1ccc(F)cc1. The minimum Gasteiger partial charge on any atom is -0.386 e. The Morgan fingerprint density at radius 1 is 1.25 bits per heavy atom. The Bertz CT molecular complexity index is 446. The summed E-state index contributed by atoms with van der Waals surface area (Å²) >= 11 is 0. The highest BCUT2D eigenvalue weighted by Gasteiger charge is 2.13. The van der Waals surface area contributed by atoms with Crippen molar-refractivity contribution in [2.45, 2.75) is 0 Å². The van der Waals surface area contributed by atoms with Crippen LogP contribution in [0.5, 0.6) is 0 Å². The summed E-state index contributed by atoms with van der Waals surface area (Å²) in [7, 11) is 0. The van der Waals surface area contributed by atoms with Crippen molar-refractivity contribution < 1.29 is 18.7 Å². The molecule has 0 N–H and O–H groups in total. The number of halogens is 1. The summed E-state index contributed by atoms with van der Waals surface area (Å²) in [4.78, 5) is 22.1. The van der Waals surface area contributed by atoms with Crippen LogP contribution in [0.4, 0.5) is 4.39 Å². The third kappa shape index (κ3) is 2.88. The first-order valence-electron chi connectivity index (χ1n) is 4.38. The summed E-state index contributed by atoms with van der Waals surface area (Å²) in [6.07, 6.45) is 0.871. The summed E-state index contributed by atoms with van der Waals surface area (Å²) < 4.78 is 17.0. The molecule has 0 heterocycles. The summed E-state index contributed by atoms with van der Waals surface area (Å²) in [5, 5.41) is 0. The van der Waals surface area contributed by atoms with Gasteiger partial charge in [0.2, 0.25) is 0 Å². The van der Waals surface area contributed by atoms with Gasteiger partial charge in [-0.2, -0.15) is 0 Å². The number of benzene rings is 1. The van der Waals surface area contributed by atoms with Gasteiger partial charge in [0.25, 0.3) is 0 Å². The normalized spacial score (nSPS) is 9.31. The third-order valence-corrected chi connectivity index (χ3v) is 1.80. The van der Waals surface area contributed by atoms with E-state index in [9.17, 15) is 14.0 Å². The standard InChI is InChI=1S/C12H9FO3/c1-3-11(14)16-12(15)8(2)9-4-6-10(13)7-5-9/h3-7H,1-2H2. The number of carbonyl (C=O) groups is 2. The zero-order chi connectivity index (χ0) is 12.1. The Morgan fingerprint density at radius 3 is 2.31 bits per heavy atom. The largest absolute Gasteiger partial charge is 0.386 e.